The van der Waals surface area contributed by atoms with Gasteiger partial charge in [0.2, 0.25) is 0 Å². The van der Waals surface area contributed by atoms with Gasteiger partial charge in [-0.15, -0.1) is 0 Å². The number of carbonyl (C=O) groups excluding carboxylic acids is 3. The van der Waals surface area contributed by atoms with Crippen LogP contribution in [0.4, 0.5) is 10.5 Å². The third-order valence-electron chi connectivity index (χ3n) is 6.46. The van der Waals surface area contributed by atoms with E-state index in [9.17, 15) is 14.4 Å². The molecule has 1 aliphatic rings. The first-order valence-electron chi connectivity index (χ1n) is 11.9. The maximum atomic E-state index is 12.9. The number of urea groups is 1. The van der Waals surface area contributed by atoms with Gasteiger partial charge in [0, 0.05) is 23.6 Å². The molecule has 188 valence electrons. The second kappa shape index (κ2) is 12.4. The molecule has 0 aromatic heterocycles. The lowest BCUT2D eigenvalue weighted by atomic mass is 9.91. The van der Waals surface area contributed by atoms with Crippen LogP contribution in [-0.4, -0.2) is 38.2 Å². The molecule has 34 heavy (non-hydrogen) atoms. The highest BCUT2D eigenvalue weighted by atomic mass is 16.5. The fraction of sp³-hybridized carbons (Fsp3) is 0.577. The van der Waals surface area contributed by atoms with Crippen molar-refractivity contribution in [1.82, 2.24) is 0 Å². The van der Waals surface area contributed by atoms with Crippen LogP contribution in [0, 0.1) is 6.92 Å². The Kier molecular flexibility index (Phi) is 9.96. The normalized spacial score (nSPS) is 13.8. The van der Waals surface area contributed by atoms with Gasteiger partial charge in [-0.2, -0.15) is 0 Å². The minimum absolute atomic E-state index is 0.135. The van der Waals surface area contributed by atoms with Gasteiger partial charge in [-0.1, -0.05) is 38.3 Å². The van der Waals surface area contributed by atoms with Gasteiger partial charge in [-0.3, -0.25) is 9.69 Å². The highest BCUT2D eigenvalue weighted by molar-refractivity contribution is 6.06. The Balaban J connectivity index is 2.69. The predicted octanol–water partition coefficient (Wildman–Crippen LogP) is 4.97. The number of primary amides is 1. The molecule has 0 saturated carbocycles. The van der Waals surface area contributed by atoms with Gasteiger partial charge in [0.05, 0.1) is 25.5 Å². The number of amides is 2. The minimum Gasteiger partial charge on any atom is -0.496 e. The maximum absolute atomic E-state index is 12.9. The van der Waals surface area contributed by atoms with Crippen molar-refractivity contribution in [3.63, 3.8) is 0 Å². The van der Waals surface area contributed by atoms with Crippen molar-refractivity contribution in [2.24, 2.45) is 5.73 Å². The van der Waals surface area contributed by atoms with Crippen molar-refractivity contribution in [3.8, 4) is 5.75 Å². The van der Waals surface area contributed by atoms with E-state index in [1.165, 1.54) is 7.11 Å². The van der Waals surface area contributed by atoms with Crippen LogP contribution in [0.5, 0.6) is 5.75 Å². The van der Waals surface area contributed by atoms with Crippen LogP contribution in [0.3, 0.4) is 0 Å². The quantitative estimate of drug-likeness (QED) is 0.338. The number of hydrogen-bond donors (Lipinski definition) is 1. The number of unbranched alkanes of at least 4 members (excludes halogenated alkanes) is 1. The summed E-state index contributed by atoms with van der Waals surface area (Å²) in [6.45, 7) is 8.07. The van der Waals surface area contributed by atoms with E-state index < -0.39 is 12.0 Å². The van der Waals surface area contributed by atoms with E-state index in [1.807, 2.05) is 26.8 Å². The lowest BCUT2D eigenvalue weighted by molar-refractivity contribution is -0.140. The molecule has 0 saturated heterocycles. The van der Waals surface area contributed by atoms with Crippen LogP contribution < -0.4 is 15.4 Å². The molecule has 1 aliphatic heterocycles. The SMILES string of the molecule is CCCCC(CC)N(C(N)=O)c1c(C/C=C(\C)CCC(=O)OC)c(OC)c(C)c2c1C(=O)OC2. The molecule has 0 spiro atoms. The monoisotopic (exact) mass is 474 g/mol. The van der Waals surface area contributed by atoms with Gasteiger partial charge >= 0.3 is 18.0 Å². The molecular weight excluding hydrogens is 436 g/mol. The molecule has 1 unspecified atom stereocenters. The van der Waals surface area contributed by atoms with Crippen molar-refractivity contribution >= 4 is 23.7 Å². The molecule has 8 heteroatoms. The van der Waals surface area contributed by atoms with Crippen LogP contribution >= 0.6 is 0 Å². The number of anilines is 1. The second-order valence-electron chi connectivity index (χ2n) is 8.66. The molecule has 0 aliphatic carbocycles. The van der Waals surface area contributed by atoms with Crippen LogP contribution in [-0.2, 0) is 27.3 Å². The Morgan fingerprint density at radius 3 is 2.50 bits per heavy atom. The van der Waals surface area contributed by atoms with Crippen molar-refractivity contribution in [1.29, 1.82) is 0 Å². The van der Waals surface area contributed by atoms with E-state index >= 15 is 0 Å². The van der Waals surface area contributed by atoms with Crippen molar-refractivity contribution in [2.75, 3.05) is 19.1 Å². The average molecular weight is 475 g/mol. The number of rotatable bonds is 12. The van der Waals surface area contributed by atoms with E-state index in [-0.39, 0.29) is 25.0 Å². The number of carbonyl (C=O) groups is 3. The van der Waals surface area contributed by atoms with E-state index in [1.54, 1.807) is 12.0 Å². The third kappa shape index (κ3) is 5.90. The summed E-state index contributed by atoms with van der Waals surface area (Å²) in [4.78, 5) is 38.8. The first-order valence-corrected chi connectivity index (χ1v) is 11.9. The number of allylic oxidation sites excluding steroid dienone is 2. The second-order valence-corrected chi connectivity index (χ2v) is 8.66. The topological polar surface area (TPSA) is 108 Å². The van der Waals surface area contributed by atoms with Crippen molar-refractivity contribution < 1.29 is 28.6 Å². The fourth-order valence-corrected chi connectivity index (χ4v) is 4.50. The predicted molar refractivity (Wildman–Crippen MR) is 131 cm³/mol. The largest absolute Gasteiger partial charge is 0.496 e. The van der Waals surface area contributed by atoms with Gasteiger partial charge in [0.1, 0.15) is 12.4 Å². The molecule has 1 atom stereocenters. The first-order chi connectivity index (χ1) is 16.2. The van der Waals surface area contributed by atoms with Crippen molar-refractivity contribution in [3.05, 3.63) is 33.9 Å². The summed E-state index contributed by atoms with van der Waals surface area (Å²) in [5.41, 5.74) is 10.0. The highest BCUT2D eigenvalue weighted by Crippen LogP contribution is 2.44. The Morgan fingerprint density at radius 1 is 1.24 bits per heavy atom. The standard InChI is InChI=1S/C26H38N2O6/c1-7-9-10-18(8-2)28(26(27)31)23-19(13-11-16(3)12-14-21(29)32-5)24(33-6)17(4)20-15-34-25(30)22(20)23/h11,18H,7-10,12-15H2,1-6H3,(H2,27,31)/b16-11+. The number of hydrogen-bond acceptors (Lipinski definition) is 6. The number of nitrogens with zero attached hydrogens (tertiary/aromatic N) is 1. The number of ether oxygens (including phenoxy) is 3. The minimum atomic E-state index is -0.608. The lowest BCUT2D eigenvalue weighted by Gasteiger charge is -2.33. The Morgan fingerprint density at radius 2 is 1.94 bits per heavy atom. The number of benzene rings is 1. The van der Waals surface area contributed by atoms with Crippen LogP contribution in [0.15, 0.2) is 11.6 Å². The number of nitrogens with two attached hydrogens (primary N) is 1. The molecule has 2 amide bonds. The zero-order chi connectivity index (χ0) is 25.4. The smallest absolute Gasteiger partial charge is 0.341 e. The van der Waals surface area contributed by atoms with E-state index in [2.05, 4.69) is 6.92 Å². The Labute approximate surface area is 202 Å². The summed E-state index contributed by atoms with van der Waals surface area (Å²) in [6.07, 6.45) is 6.59. The summed E-state index contributed by atoms with van der Waals surface area (Å²) < 4.78 is 15.9. The number of cyclic esters (lactones) is 1. The zero-order valence-corrected chi connectivity index (χ0v) is 21.3. The Hall–Kier alpha value is -3.03. The molecule has 2 N–H and O–H groups in total. The molecule has 1 heterocycles. The molecule has 0 radical (unpaired) electrons. The number of fused-ring (bicyclic) bond motifs is 1. The van der Waals surface area contributed by atoms with Gasteiger partial charge in [-0.05, 0) is 45.1 Å². The molecule has 2 rings (SSSR count). The summed E-state index contributed by atoms with van der Waals surface area (Å²) in [7, 11) is 2.95. The average Bonchev–Trinajstić information content (AvgIpc) is 3.21. The van der Waals surface area contributed by atoms with Gasteiger partial charge in [0.25, 0.3) is 0 Å². The van der Waals surface area contributed by atoms with E-state index in [0.29, 0.717) is 41.8 Å². The van der Waals surface area contributed by atoms with E-state index in [4.69, 9.17) is 19.9 Å². The molecule has 1 aromatic rings. The lowest BCUT2D eigenvalue weighted by Crippen LogP contribution is -2.45. The highest BCUT2D eigenvalue weighted by Gasteiger charge is 2.37. The van der Waals surface area contributed by atoms with Crippen LogP contribution in [0.25, 0.3) is 0 Å². The fourth-order valence-electron chi connectivity index (χ4n) is 4.50. The van der Waals surface area contributed by atoms with Crippen molar-refractivity contribution in [2.45, 2.75) is 85.3 Å². The molecule has 1 aromatic carbocycles. The molecule has 0 fully saturated rings. The van der Waals surface area contributed by atoms with Gasteiger partial charge in [0.15, 0.2) is 0 Å². The number of esters is 2. The number of methoxy groups -OCH3 is 2. The molecule has 8 nitrogen and oxygen atoms in total. The van der Waals surface area contributed by atoms with Crippen LogP contribution in [0.2, 0.25) is 0 Å². The third-order valence-corrected chi connectivity index (χ3v) is 6.46. The Bertz CT molecular complexity index is 953. The summed E-state index contributed by atoms with van der Waals surface area (Å²) in [6, 6.07) is -0.770. The van der Waals surface area contributed by atoms with E-state index in [0.717, 1.165) is 36.0 Å². The van der Waals surface area contributed by atoms with Gasteiger partial charge < -0.3 is 19.9 Å². The summed E-state index contributed by atoms with van der Waals surface area (Å²) in [5.74, 6) is -0.121. The van der Waals surface area contributed by atoms with Gasteiger partial charge in [-0.25, -0.2) is 9.59 Å². The molecular formula is C26H38N2O6. The maximum Gasteiger partial charge on any atom is 0.341 e. The summed E-state index contributed by atoms with van der Waals surface area (Å²) in [5, 5.41) is 0. The first kappa shape index (κ1) is 27.2. The summed E-state index contributed by atoms with van der Waals surface area (Å²) >= 11 is 0. The molecule has 0 bridgehead atoms. The zero-order valence-electron chi connectivity index (χ0n) is 21.3. The van der Waals surface area contributed by atoms with Crippen LogP contribution in [0.1, 0.15) is 86.3 Å².